The van der Waals surface area contributed by atoms with E-state index in [0.29, 0.717) is 0 Å². The second kappa shape index (κ2) is 3.39. The monoisotopic (exact) mass is 239 g/mol. The summed E-state index contributed by atoms with van der Waals surface area (Å²) in [7, 11) is 0. The summed E-state index contributed by atoms with van der Waals surface area (Å²) in [6.45, 7) is -10.4. The highest BCUT2D eigenvalue weighted by atomic mass is 79.9. The van der Waals surface area contributed by atoms with Crippen molar-refractivity contribution < 1.29 is 17.1 Å². The van der Waals surface area contributed by atoms with E-state index in [9.17, 15) is 0 Å². The maximum atomic E-state index is 7.38. The van der Waals surface area contributed by atoms with Gasteiger partial charge in [0.15, 0.2) is 0 Å². The zero-order chi connectivity index (χ0) is 16.7. The zero-order valence-corrected chi connectivity index (χ0v) is 7.42. The van der Waals surface area contributed by atoms with Gasteiger partial charge in [-0.1, -0.05) is 0 Å². The van der Waals surface area contributed by atoms with E-state index < -0.39 is 32.0 Å². The van der Waals surface area contributed by atoms with Crippen LogP contribution in [0.3, 0.4) is 0 Å². The minimum absolute atomic E-state index is 0.135. The molecule has 0 bridgehead atoms. The molecule has 0 saturated heterocycles. The van der Waals surface area contributed by atoms with Crippen LogP contribution in [0.1, 0.15) is 32.9 Å². The standard InChI is InChI=1S/C8H11BrN2O/c1-8(2,3)12-7-5-10-4-6(9)11-7/h4-5H,1-3H3/i1D3,2D3,3D3. The van der Waals surface area contributed by atoms with Crippen LogP contribution < -0.4 is 4.74 Å². The van der Waals surface area contributed by atoms with E-state index in [1.165, 1.54) is 6.20 Å². The van der Waals surface area contributed by atoms with E-state index in [2.05, 4.69) is 25.9 Å². The molecule has 0 atom stereocenters. The smallest absolute Gasteiger partial charge is 0.233 e. The Hall–Kier alpha value is -0.640. The van der Waals surface area contributed by atoms with Crippen molar-refractivity contribution in [1.82, 2.24) is 9.97 Å². The van der Waals surface area contributed by atoms with Gasteiger partial charge in [-0.2, -0.15) is 0 Å². The molecule has 3 nitrogen and oxygen atoms in total. The number of hydrogen-bond donors (Lipinski definition) is 0. The Bertz CT molecular complexity index is 474. The SMILES string of the molecule is [2H]C([2H])([2H])C(Oc1cncc(Br)n1)(C([2H])([2H])[2H])C([2H])([2H])[2H]. The van der Waals surface area contributed by atoms with E-state index in [4.69, 9.17) is 17.1 Å². The Balaban J connectivity index is 3.52. The van der Waals surface area contributed by atoms with Crippen LogP contribution in [0.5, 0.6) is 5.88 Å². The van der Waals surface area contributed by atoms with Gasteiger partial charge in [0.05, 0.1) is 12.4 Å². The quantitative estimate of drug-likeness (QED) is 0.756. The van der Waals surface area contributed by atoms with Gasteiger partial charge in [-0.3, -0.25) is 4.98 Å². The molecule has 0 aliphatic heterocycles. The lowest BCUT2D eigenvalue weighted by atomic mass is 10.2. The summed E-state index contributed by atoms with van der Waals surface area (Å²) in [4.78, 5) is 7.31. The first-order chi connectivity index (χ1) is 9.22. The van der Waals surface area contributed by atoms with Gasteiger partial charge in [0, 0.05) is 12.3 Å². The van der Waals surface area contributed by atoms with Gasteiger partial charge >= 0.3 is 0 Å². The first kappa shape index (κ1) is 2.94. The summed E-state index contributed by atoms with van der Waals surface area (Å²) in [5, 5.41) is 0. The highest BCUT2D eigenvalue weighted by Gasteiger charge is 2.12. The van der Waals surface area contributed by atoms with Crippen LogP contribution in [0.25, 0.3) is 0 Å². The van der Waals surface area contributed by atoms with E-state index >= 15 is 0 Å². The minimum atomic E-state index is -3.45. The highest BCUT2D eigenvalue weighted by Crippen LogP contribution is 2.15. The first-order valence-corrected chi connectivity index (χ1v) is 3.68. The topological polar surface area (TPSA) is 35.0 Å². The van der Waals surface area contributed by atoms with Gasteiger partial charge in [0.2, 0.25) is 5.88 Å². The van der Waals surface area contributed by atoms with Crippen LogP contribution >= 0.6 is 15.9 Å². The van der Waals surface area contributed by atoms with Crippen molar-refractivity contribution in [3.63, 3.8) is 0 Å². The van der Waals surface area contributed by atoms with E-state index in [1.54, 1.807) is 0 Å². The Kier molecular flexibility index (Phi) is 0.831. The molecule has 0 aromatic carbocycles. The number of halogens is 1. The summed E-state index contributed by atoms with van der Waals surface area (Å²) >= 11 is 2.95. The van der Waals surface area contributed by atoms with Crippen LogP contribution in [0.4, 0.5) is 0 Å². The summed E-state index contributed by atoms with van der Waals surface area (Å²) in [6, 6.07) is 0. The summed E-state index contributed by atoms with van der Waals surface area (Å²) in [5.74, 6) is -0.521. The molecule has 66 valence electrons. The average molecular weight is 240 g/mol. The minimum Gasteiger partial charge on any atom is -0.471 e. The third-order valence-electron chi connectivity index (χ3n) is 0.841. The second-order valence-corrected chi connectivity index (χ2v) is 2.78. The molecule has 1 rings (SSSR count). The lowest BCUT2D eigenvalue weighted by Crippen LogP contribution is -2.23. The molecule has 1 aromatic rings. The number of hydrogen-bond acceptors (Lipinski definition) is 3. The molecule has 0 N–H and O–H groups in total. The van der Waals surface area contributed by atoms with Gasteiger partial charge in [0.1, 0.15) is 10.2 Å². The molecular formula is C8H11BrN2O. The normalized spacial score (nSPS) is 25.6. The van der Waals surface area contributed by atoms with Gasteiger partial charge in [-0.15, -0.1) is 0 Å². The fraction of sp³-hybridized carbons (Fsp3) is 0.500. The fourth-order valence-electron chi connectivity index (χ4n) is 0.532. The van der Waals surface area contributed by atoms with Crippen molar-refractivity contribution >= 4 is 15.9 Å². The Morgan fingerprint density at radius 1 is 1.50 bits per heavy atom. The lowest BCUT2D eigenvalue weighted by Gasteiger charge is -2.19. The molecule has 4 heteroatoms. The molecule has 0 saturated carbocycles. The first-order valence-electron chi connectivity index (χ1n) is 7.39. The van der Waals surface area contributed by atoms with Crippen molar-refractivity contribution in [3.8, 4) is 5.88 Å². The van der Waals surface area contributed by atoms with E-state index in [1.807, 2.05) is 0 Å². The molecule has 12 heavy (non-hydrogen) atoms. The third-order valence-corrected chi connectivity index (χ3v) is 1.22. The third kappa shape index (κ3) is 3.17. The summed E-state index contributed by atoms with van der Waals surface area (Å²) in [6.07, 6.45) is 2.18. The van der Waals surface area contributed by atoms with Crippen LogP contribution in [0, 0.1) is 0 Å². The largest absolute Gasteiger partial charge is 0.471 e. The molecule has 0 aliphatic carbocycles. The maximum absolute atomic E-state index is 7.38. The second-order valence-electron chi connectivity index (χ2n) is 1.96. The number of aromatic nitrogens is 2. The predicted molar refractivity (Wildman–Crippen MR) is 50.1 cm³/mol. The number of nitrogens with zero attached hydrogens (tertiary/aromatic N) is 2. The Labute approximate surface area is 93.0 Å². The summed E-state index contributed by atoms with van der Waals surface area (Å²) < 4.78 is 71.4. The van der Waals surface area contributed by atoms with Crippen molar-refractivity contribution in [1.29, 1.82) is 0 Å². The summed E-state index contributed by atoms with van der Waals surface area (Å²) in [5.41, 5.74) is -3.41. The maximum Gasteiger partial charge on any atom is 0.233 e. The van der Waals surface area contributed by atoms with E-state index in [0.717, 1.165) is 6.20 Å². The van der Waals surface area contributed by atoms with E-state index in [-0.39, 0.29) is 4.60 Å². The van der Waals surface area contributed by atoms with Crippen molar-refractivity contribution in [2.24, 2.45) is 0 Å². The lowest BCUT2D eigenvalue weighted by molar-refractivity contribution is 0.123. The molecule has 0 unspecified atom stereocenters. The number of ether oxygens (including phenoxy) is 1. The average Bonchev–Trinajstić information content (AvgIpc) is 2.20. The van der Waals surface area contributed by atoms with Gasteiger partial charge in [-0.05, 0) is 36.5 Å². The van der Waals surface area contributed by atoms with Gasteiger partial charge < -0.3 is 4.74 Å². The van der Waals surface area contributed by atoms with Crippen LogP contribution in [0.15, 0.2) is 17.0 Å². The molecule has 0 spiro atoms. The van der Waals surface area contributed by atoms with Crippen LogP contribution in [0.2, 0.25) is 0 Å². The Morgan fingerprint density at radius 2 is 2.25 bits per heavy atom. The molecule has 0 aliphatic rings. The predicted octanol–water partition coefficient (Wildman–Crippen LogP) is 2.42. The van der Waals surface area contributed by atoms with Crippen LogP contribution in [-0.4, -0.2) is 15.6 Å². The number of rotatable bonds is 1. The molecule has 0 radical (unpaired) electrons. The molecule has 1 heterocycles. The Morgan fingerprint density at radius 3 is 2.83 bits per heavy atom. The molecule has 1 aromatic heterocycles. The van der Waals surface area contributed by atoms with Crippen LogP contribution in [-0.2, 0) is 0 Å². The molecular weight excluding hydrogens is 220 g/mol. The fourth-order valence-corrected chi connectivity index (χ4v) is 0.825. The van der Waals surface area contributed by atoms with Gasteiger partial charge in [0.25, 0.3) is 0 Å². The van der Waals surface area contributed by atoms with Crippen molar-refractivity contribution in [2.45, 2.75) is 26.2 Å². The van der Waals surface area contributed by atoms with Crippen molar-refractivity contribution in [2.75, 3.05) is 0 Å². The molecule has 0 amide bonds. The van der Waals surface area contributed by atoms with Crippen molar-refractivity contribution in [3.05, 3.63) is 17.0 Å². The highest BCUT2D eigenvalue weighted by molar-refractivity contribution is 9.10. The zero-order valence-electron chi connectivity index (χ0n) is 14.8. The van der Waals surface area contributed by atoms with Gasteiger partial charge in [-0.25, -0.2) is 4.98 Å². The molecule has 0 fully saturated rings.